The van der Waals surface area contributed by atoms with Gasteiger partial charge in [-0.1, -0.05) is 13.8 Å². The van der Waals surface area contributed by atoms with E-state index in [-0.39, 0.29) is 12.4 Å². The minimum Gasteiger partial charge on any atom is -0.396 e. The number of nitrogens with one attached hydrogen (secondary N) is 1. The van der Waals surface area contributed by atoms with Crippen LogP contribution in [0.2, 0.25) is 0 Å². The van der Waals surface area contributed by atoms with E-state index in [0.29, 0.717) is 12.3 Å². The molecule has 1 rings (SSSR count). The molecule has 0 aliphatic heterocycles. The third-order valence-electron chi connectivity index (χ3n) is 2.80. The lowest BCUT2D eigenvalue weighted by atomic mass is 10.1. The second-order valence-electron chi connectivity index (χ2n) is 4.35. The fourth-order valence-electron chi connectivity index (χ4n) is 1.59. The van der Waals surface area contributed by atoms with E-state index in [1.807, 2.05) is 31.2 Å². The van der Waals surface area contributed by atoms with Crippen LogP contribution in [-0.2, 0) is 0 Å². The Kier molecular flexibility index (Phi) is 5.70. The fraction of sp³-hybridized carbons (Fsp3) is 0.500. The molecule has 0 amide bonds. The van der Waals surface area contributed by atoms with Gasteiger partial charge in [-0.25, -0.2) is 0 Å². The van der Waals surface area contributed by atoms with Gasteiger partial charge in [0.1, 0.15) is 0 Å². The average Bonchev–Trinajstić information content (AvgIpc) is 2.36. The van der Waals surface area contributed by atoms with Crippen LogP contribution in [0.1, 0.15) is 37.0 Å². The molecule has 0 aliphatic carbocycles. The van der Waals surface area contributed by atoms with E-state index in [1.165, 1.54) is 0 Å². The highest BCUT2D eigenvalue weighted by Crippen LogP contribution is 2.12. The molecule has 0 fully saturated rings. The summed E-state index contributed by atoms with van der Waals surface area (Å²) in [5, 5.41) is 12.1. The first-order valence-corrected chi connectivity index (χ1v) is 6.15. The molecule has 1 atom stereocenters. The Hall–Kier alpha value is -1.35. The highest BCUT2D eigenvalue weighted by Gasteiger charge is 2.03. The van der Waals surface area contributed by atoms with Crippen molar-refractivity contribution < 1.29 is 9.90 Å². The van der Waals surface area contributed by atoms with Gasteiger partial charge in [0.25, 0.3) is 0 Å². The number of benzene rings is 1. The summed E-state index contributed by atoms with van der Waals surface area (Å²) in [5.74, 6) is 0.613. The first-order chi connectivity index (χ1) is 8.17. The number of ketones is 1. The first-order valence-electron chi connectivity index (χ1n) is 6.15. The second-order valence-corrected chi connectivity index (χ2v) is 4.35. The lowest BCUT2D eigenvalue weighted by Crippen LogP contribution is -2.12. The molecule has 1 aromatic rings. The van der Waals surface area contributed by atoms with E-state index in [1.54, 1.807) is 0 Å². The Balaban J connectivity index is 2.48. The van der Waals surface area contributed by atoms with Crippen LogP contribution in [0, 0.1) is 5.92 Å². The van der Waals surface area contributed by atoms with Crippen molar-refractivity contribution in [1.82, 2.24) is 0 Å². The zero-order valence-electron chi connectivity index (χ0n) is 10.6. The zero-order valence-corrected chi connectivity index (χ0v) is 10.6. The number of carbonyl (C=O) groups is 1. The zero-order chi connectivity index (χ0) is 12.7. The number of hydrogen-bond acceptors (Lipinski definition) is 3. The van der Waals surface area contributed by atoms with Crippen LogP contribution in [0.15, 0.2) is 24.3 Å². The minimum absolute atomic E-state index is 0.171. The molecule has 17 heavy (non-hydrogen) atoms. The maximum absolute atomic E-state index is 11.4. The van der Waals surface area contributed by atoms with Crippen LogP contribution in [0.4, 0.5) is 5.69 Å². The predicted molar refractivity (Wildman–Crippen MR) is 70.4 cm³/mol. The molecule has 3 nitrogen and oxygen atoms in total. The molecule has 0 aromatic heterocycles. The van der Waals surface area contributed by atoms with Crippen LogP contribution in [0.3, 0.4) is 0 Å². The number of hydrogen-bond donors (Lipinski definition) is 2. The van der Waals surface area contributed by atoms with Crippen LogP contribution < -0.4 is 5.32 Å². The van der Waals surface area contributed by atoms with Crippen molar-refractivity contribution >= 4 is 11.5 Å². The molecule has 0 aliphatic rings. The van der Waals surface area contributed by atoms with Crippen molar-refractivity contribution in [3.63, 3.8) is 0 Å². The number of rotatable bonds is 7. The summed E-state index contributed by atoms with van der Waals surface area (Å²) in [6.45, 7) is 5.03. The quantitative estimate of drug-likeness (QED) is 0.714. The Morgan fingerprint density at radius 3 is 2.53 bits per heavy atom. The van der Waals surface area contributed by atoms with Crippen LogP contribution in [-0.4, -0.2) is 24.0 Å². The lowest BCUT2D eigenvalue weighted by Gasteiger charge is -2.12. The van der Waals surface area contributed by atoms with E-state index in [9.17, 15) is 4.79 Å². The van der Waals surface area contributed by atoms with E-state index >= 15 is 0 Å². The third-order valence-corrected chi connectivity index (χ3v) is 2.80. The second kappa shape index (κ2) is 7.07. The van der Waals surface area contributed by atoms with Gasteiger partial charge in [0.15, 0.2) is 5.78 Å². The first kappa shape index (κ1) is 13.7. The summed E-state index contributed by atoms with van der Waals surface area (Å²) in [7, 11) is 0. The molecule has 0 saturated carbocycles. The monoisotopic (exact) mass is 235 g/mol. The maximum Gasteiger partial charge on any atom is 0.162 e. The van der Waals surface area contributed by atoms with E-state index < -0.39 is 0 Å². The summed E-state index contributed by atoms with van der Waals surface area (Å²) in [6.07, 6.45) is 1.35. The number of Topliss-reactive ketones (excluding diaryl/α,β-unsaturated/α-hetero) is 1. The van der Waals surface area contributed by atoms with Gasteiger partial charge in [-0.15, -0.1) is 0 Å². The molecule has 0 heterocycles. The van der Waals surface area contributed by atoms with Crippen molar-refractivity contribution in [1.29, 1.82) is 0 Å². The van der Waals surface area contributed by atoms with Crippen LogP contribution in [0.5, 0.6) is 0 Å². The summed E-state index contributed by atoms with van der Waals surface area (Å²) in [5.41, 5.74) is 1.78. The molecule has 0 saturated heterocycles. The maximum atomic E-state index is 11.4. The molecule has 0 radical (unpaired) electrons. The van der Waals surface area contributed by atoms with Crippen molar-refractivity contribution in [3.8, 4) is 0 Å². The van der Waals surface area contributed by atoms with Gasteiger partial charge in [0, 0.05) is 30.8 Å². The van der Waals surface area contributed by atoms with Crippen LogP contribution in [0.25, 0.3) is 0 Å². The lowest BCUT2D eigenvalue weighted by molar-refractivity contribution is 0.0988. The van der Waals surface area contributed by atoms with E-state index in [0.717, 1.165) is 24.2 Å². The molecule has 94 valence electrons. The van der Waals surface area contributed by atoms with Gasteiger partial charge in [-0.05, 0) is 36.6 Å². The highest BCUT2D eigenvalue weighted by molar-refractivity contribution is 5.96. The smallest absolute Gasteiger partial charge is 0.162 e. The van der Waals surface area contributed by atoms with Gasteiger partial charge in [-0.2, -0.15) is 0 Å². The number of aliphatic hydroxyl groups is 1. The van der Waals surface area contributed by atoms with Gasteiger partial charge < -0.3 is 10.4 Å². The largest absolute Gasteiger partial charge is 0.396 e. The summed E-state index contributed by atoms with van der Waals surface area (Å²) < 4.78 is 0. The highest BCUT2D eigenvalue weighted by atomic mass is 16.3. The molecule has 3 heteroatoms. The SMILES string of the molecule is CCC(=O)c1ccc(NCC(C)CCO)cc1. The van der Waals surface area contributed by atoms with Crippen molar-refractivity contribution in [3.05, 3.63) is 29.8 Å². The minimum atomic E-state index is 0.171. The van der Waals surface area contributed by atoms with Gasteiger partial charge >= 0.3 is 0 Å². The topological polar surface area (TPSA) is 49.3 Å². The normalized spacial score (nSPS) is 12.2. The number of carbonyl (C=O) groups excluding carboxylic acids is 1. The Bertz CT molecular complexity index is 346. The molecule has 0 spiro atoms. The van der Waals surface area contributed by atoms with Gasteiger partial charge in [-0.3, -0.25) is 4.79 Å². The molecule has 1 aromatic carbocycles. The molecule has 1 unspecified atom stereocenters. The summed E-state index contributed by atoms with van der Waals surface area (Å²) in [4.78, 5) is 11.4. The summed E-state index contributed by atoms with van der Waals surface area (Å²) in [6, 6.07) is 7.55. The average molecular weight is 235 g/mol. The number of aliphatic hydroxyl groups excluding tert-OH is 1. The molecule has 2 N–H and O–H groups in total. The third kappa shape index (κ3) is 4.57. The Morgan fingerprint density at radius 1 is 1.35 bits per heavy atom. The standard InChI is InChI=1S/C14H21NO2/c1-3-14(17)12-4-6-13(7-5-12)15-10-11(2)8-9-16/h4-7,11,15-16H,3,8-10H2,1-2H3. The van der Waals surface area contributed by atoms with Crippen molar-refractivity contribution in [2.75, 3.05) is 18.5 Å². The molecular weight excluding hydrogens is 214 g/mol. The molecular formula is C14H21NO2. The van der Waals surface area contributed by atoms with E-state index in [2.05, 4.69) is 12.2 Å². The number of anilines is 1. The summed E-state index contributed by atoms with van der Waals surface area (Å²) >= 11 is 0. The van der Waals surface area contributed by atoms with Gasteiger partial charge in [0.05, 0.1) is 0 Å². The van der Waals surface area contributed by atoms with Crippen molar-refractivity contribution in [2.45, 2.75) is 26.7 Å². The Labute approximate surface area is 103 Å². The predicted octanol–water partition coefficient (Wildman–Crippen LogP) is 2.71. The van der Waals surface area contributed by atoms with Gasteiger partial charge in [0.2, 0.25) is 0 Å². The molecule has 0 bridgehead atoms. The fourth-order valence-corrected chi connectivity index (χ4v) is 1.59. The van der Waals surface area contributed by atoms with E-state index in [4.69, 9.17) is 5.11 Å². The van der Waals surface area contributed by atoms with Crippen LogP contribution >= 0.6 is 0 Å². The van der Waals surface area contributed by atoms with Crippen molar-refractivity contribution in [2.24, 2.45) is 5.92 Å². The Morgan fingerprint density at radius 2 is 2.00 bits per heavy atom.